The summed E-state index contributed by atoms with van der Waals surface area (Å²) in [5.41, 5.74) is 3.22. The lowest BCUT2D eigenvalue weighted by atomic mass is 9.86. The number of alkyl halides is 2. The van der Waals surface area contributed by atoms with Crippen molar-refractivity contribution < 1.29 is 8.78 Å². The summed E-state index contributed by atoms with van der Waals surface area (Å²) in [4.78, 5) is 0. The third-order valence-corrected chi connectivity index (χ3v) is 3.63. The third kappa shape index (κ3) is 2.92. The van der Waals surface area contributed by atoms with Gasteiger partial charge in [-0.25, -0.2) is 8.78 Å². The number of rotatable bonds is 2. The molecule has 1 aromatic carbocycles. The summed E-state index contributed by atoms with van der Waals surface area (Å²) in [6.07, 6.45) is 1.86. The molecule has 0 nitrogen and oxygen atoms in total. The molecule has 0 bridgehead atoms. The first-order valence-electron chi connectivity index (χ1n) is 6.26. The molecule has 0 radical (unpaired) electrons. The Balaban J connectivity index is 2.39. The number of allylic oxidation sites excluding steroid dienone is 2. The van der Waals surface area contributed by atoms with E-state index in [4.69, 9.17) is 11.6 Å². The Hall–Kier alpha value is -0.890. The monoisotopic (exact) mass is 270 g/mol. The average Bonchev–Trinajstić information content (AvgIpc) is 2.28. The van der Waals surface area contributed by atoms with Crippen molar-refractivity contribution in [2.45, 2.75) is 45.0 Å². The van der Waals surface area contributed by atoms with Crippen molar-refractivity contribution in [3.05, 3.63) is 40.4 Å². The van der Waals surface area contributed by atoms with Crippen molar-refractivity contribution in [2.24, 2.45) is 0 Å². The first-order chi connectivity index (χ1) is 8.39. The van der Waals surface area contributed by atoms with Gasteiger partial charge in [-0.3, -0.25) is 0 Å². The van der Waals surface area contributed by atoms with Crippen molar-refractivity contribution in [3.63, 3.8) is 0 Å². The van der Waals surface area contributed by atoms with Crippen LogP contribution in [0.15, 0.2) is 24.3 Å². The maximum absolute atomic E-state index is 13.2. The first-order valence-corrected chi connectivity index (χ1v) is 6.63. The molecule has 0 heterocycles. The van der Waals surface area contributed by atoms with Crippen molar-refractivity contribution in [1.82, 2.24) is 0 Å². The molecule has 3 heteroatoms. The van der Waals surface area contributed by atoms with Gasteiger partial charge < -0.3 is 0 Å². The van der Waals surface area contributed by atoms with E-state index in [1.54, 1.807) is 6.08 Å². The second-order valence-corrected chi connectivity index (χ2v) is 5.61. The van der Waals surface area contributed by atoms with E-state index >= 15 is 0 Å². The Morgan fingerprint density at radius 3 is 2.56 bits per heavy atom. The van der Waals surface area contributed by atoms with E-state index < -0.39 is 5.92 Å². The van der Waals surface area contributed by atoms with Crippen LogP contribution < -0.4 is 0 Å². The second kappa shape index (κ2) is 5.00. The van der Waals surface area contributed by atoms with Gasteiger partial charge in [-0.15, -0.1) is 0 Å². The van der Waals surface area contributed by atoms with Gasteiger partial charge in [-0.2, -0.15) is 0 Å². The fourth-order valence-corrected chi connectivity index (χ4v) is 2.52. The zero-order valence-electron chi connectivity index (χ0n) is 10.6. The minimum absolute atomic E-state index is 0.0666. The molecule has 0 saturated carbocycles. The summed E-state index contributed by atoms with van der Waals surface area (Å²) in [6, 6.07) is 5.75. The van der Waals surface area contributed by atoms with Crippen LogP contribution in [0.2, 0.25) is 5.02 Å². The highest BCUT2D eigenvalue weighted by Crippen LogP contribution is 2.39. The summed E-state index contributed by atoms with van der Waals surface area (Å²) in [5, 5.41) is 0.660. The average molecular weight is 271 g/mol. The molecule has 0 aliphatic heterocycles. The summed E-state index contributed by atoms with van der Waals surface area (Å²) in [7, 11) is 0. The van der Waals surface area contributed by atoms with Crippen LogP contribution in [-0.2, 0) is 0 Å². The standard InChI is InChI=1S/C15H17ClF2/c1-10(2)13-4-3-12(16)9-14(13)11-5-7-15(17,18)8-6-11/h3-5,9-10H,6-8H2,1-2H3. The molecule has 0 spiro atoms. The summed E-state index contributed by atoms with van der Waals surface area (Å²) in [6.45, 7) is 4.20. The lowest BCUT2D eigenvalue weighted by molar-refractivity contribution is -0.00603. The van der Waals surface area contributed by atoms with Gasteiger partial charge in [-0.1, -0.05) is 37.6 Å². The zero-order valence-corrected chi connectivity index (χ0v) is 11.4. The van der Waals surface area contributed by atoms with Gasteiger partial charge in [0.1, 0.15) is 0 Å². The van der Waals surface area contributed by atoms with E-state index in [1.165, 1.54) is 5.56 Å². The Morgan fingerprint density at radius 1 is 1.28 bits per heavy atom. The highest BCUT2D eigenvalue weighted by molar-refractivity contribution is 6.30. The molecule has 18 heavy (non-hydrogen) atoms. The molecular formula is C15H17ClF2. The van der Waals surface area contributed by atoms with Gasteiger partial charge in [0.15, 0.2) is 0 Å². The maximum atomic E-state index is 13.2. The number of hydrogen-bond acceptors (Lipinski definition) is 0. The van der Waals surface area contributed by atoms with Crippen LogP contribution >= 0.6 is 11.6 Å². The summed E-state index contributed by atoms with van der Waals surface area (Å²) in [5.74, 6) is -2.18. The van der Waals surface area contributed by atoms with E-state index in [0.717, 1.165) is 11.1 Å². The minimum Gasteiger partial charge on any atom is -0.207 e. The van der Waals surface area contributed by atoms with Crippen LogP contribution in [0.3, 0.4) is 0 Å². The topological polar surface area (TPSA) is 0 Å². The highest BCUT2D eigenvalue weighted by atomic mass is 35.5. The third-order valence-electron chi connectivity index (χ3n) is 3.39. The number of halogens is 3. The predicted molar refractivity (Wildman–Crippen MR) is 72.3 cm³/mol. The summed E-state index contributed by atoms with van der Waals surface area (Å²) < 4.78 is 26.3. The van der Waals surface area contributed by atoms with E-state index in [9.17, 15) is 8.78 Å². The molecule has 2 rings (SSSR count). The molecule has 0 amide bonds. The van der Waals surface area contributed by atoms with E-state index in [0.29, 0.717) is 17.4 Å². The Bertz CT molecular complexity index is 475. The number of hydrogen-bond donors (Lipinski definition) is 0. The van der Waals surface area contributed by atoms with E-state index in [2.05, 4.69) is 13.8 Å². The summed E-state index contributed by atoms with van der Waals surface area (Å²) >= 11 is 6.02. The Kier molecular flexibility index (Phi) is 3.76. The molecule has 0 unspecified atom stereocenters. The lowest BCUT2D eigenvalue weighted by Gasteiger charge is -2.24. The number of benzene rings is 1. The largest absolute Gasteiger partial charge is 0.251 e. The smallest absolute Gasteiger partial charge is 0.207 e. The fraction of sp³-hybridized carbons (Fsp3) is 0.467. The molecular weight excluding hydrogens is 254 g/mol. The molecule has 1 aliphatic carbocycles. The maximum Gasteiger partial charge on any atom is 0.251 e. The second-order valence-electron chi connectivity index (χ2n) is 5.18. The zero-order chi connectivity index (χ0) is 13.3. The molecule has 0 N–H and O–H groups in total. The molecule has 98 valence electrons. The minimum atomic E-state index is -2.54. The molecule has 0 aromatic heterocycles. The molecule has 0 atom stereocenters. The van der Waals surface area contributed by atoms with Crippen molar-refractivity contribution in [1.29, 1.82) is 0 Å². The van der Waals surface area contributed by atoms with Gasteiger partial charge in [0.05, 0.1) is 0 Å². The Morgan fingerprint density at radius 2 is 2.00 bits per heavy atom. The van der Waals surface area contributed by atoms with E-state index in [1.807, 2.05) is 18.2 Å². The van der Waals surface area contributed by atoms with Gasteiger partial charge >= 0.3 is 0 Å². The van der Waals surface area contributed by atoms with Crippen LogP contribution in [0.1, 0.15) is 50.2 Å². The predicted octanol–water partition coefficient (Wildman–Crippen LogP) is 5.67. The van der Waals surface area contributed by atoms with Gasteiger partial charge in [-0.05, 0) is 41.2 Å². The molecule has 1 aliphatic rings. The van der Waals surface area contributed by atoms with Gasteiger partial charge in [0.2, 0.25) is 0 Å². The fourth-order valence-electron chi connectivity index (χ4n) is 2.35. The normalized spacial score (nSPS) is 18.9. The van der Waals surface area contributed by atoms with E-state index in [-0.39, 0.29) is 12.8 Å². The first kappa shape index (κ1) is 13.5. The molecule has 0 fully saturated rings. The molecule has 0 saturated heterocycles. The van der Waals surface area contributed by atoms with Crippen LogP contribution in [0.5, 0.6) is 0 Å². The van der Waals surface area contributed by atoms with Crippen molar-refractivity contribution in [2.75, 3.05) is 0 Å². The van der Waals surface area contributed by atoms with Gasteiger partial charge in [0, 0.05) is 17.9 Å². The van der Waals surface area contributed by atoms with Crippen molar-refractivity contribution >= 4 is 17.2 Å². The Labute approximate surface area is 112 Å². The van der Waals surface area contributed by atoms with Crippen molar-refractivity contribution in [3.8, 4) is 0 Å². The van der Waals surface area contributed by atoms with Crippen LogP contribution in [-0.4, -0.2) is 5.92 Å². The SMILES string of the molecule is CC(C)c1ccc(Cl)cc1C1=CCC(F)(F)CC1. The van der Waals surface area contributed by atoms with Crippen LogP contribution in [0, 0.1) is 0 Å². The quantitative estimate of drug-likeness (QED) is 0.650. The van der Waals surface area contributed by atoms with Crippen LogP contribution in [0.4, 0.5) is 8.78 Å². The van der Waals surface area contributed by atoms with Crippen LogP contribution in [0.25, 0.3) is 5.57 Å². The lowest BCUT2D eigenvalue weighted by Crippen LogP contribution is -2.18. The highest BCUT2D eigenvalue weighted by Gasteiger charge is 2.31. The van der Waals surface area contributed by atoms with Gasteiger partial charge in [0.25, 0.3) is 5.92 Å². The molecule has 1 aromatic rings.